The summed E-state index contributed by atoms with van der Waals surface area (Å²) >= 11 is 12.8. The van der Waals surface area contributed by atoms with E-state index in [1.54, 1.807) is 25.1 Å². The molecule has 0 aliphatic carbocycles. The van der Waals surface area contributed by atoms with Gasteiger partial charge in [0, 0.05) is 11.6 Å². The first-order valence-corrected chi connectivity index (χ1v) is 10.3. The summed E-state index contributed by atoms with van der Waals surface area (Å²) < 4.78 is 27.2. The van der Waals surface area contributed by atoms with Gasteiger partial charge in [-0.05, 0) is 30.3 Å². The number of hydrogen-bond donors (Lipinski definition) is 1. The Kier molecular flexibility index (Phi) is 5.17. The van der Waals surface area contributed by atoms with Crippen LogP contribution in [0.4, 0.5) is 0 Å². The van der Waals surface area contributed by atoms with E-state index >= 15 is 0 Å². The summed E-state index contributed by atoms with van der Waals surface area (Å²) in [6, 6.07) is 7.74. The lowest BCUT2D eigenvalue weighted by Gasteiger charge is -2.19. The van der Waals surface area contributed by atoms with Gasteiger partial charge in [-0.1, -0.05) is 30.1 Å². The van der Waals surface area contributed by atoms with Gasteiger partial charge in [0.05, 0.1) is 21.8 Å². The Balaban J connectivity index is 1.99. The first-order valence-electron chi connectivity index (χ1n) is 7.25. The molecule has 0 aliphatic rings. The highest BCUT2D eigenvalue weighted by molar-refractivity contribution is 7.91. The number of halogens is 2. The molecule has 0 radical (unpaired) electrons. The maximum Gasteiger partial charge on any atom is 0.258 e. The maximum absolute atomic E-state index is 12.7. The number of aromatic amines is 1. The number of aromatic nitrogens is 2. The minimum Gasteiger partial charge on any atom is -0.309 e. The van der Waals surface area contributed by atoms with Gasteiger partial charge >= 0.3 is 0 Å². The first kappa shape index (κ1) is 18.3. The van der Waals surface area contributed by atoms with Gasteiger partial charge in [0.1, 0.15) is 10.0 Å². The van der Waals surface area contributed by atoms with Crippen LogP contribution in [0, 0.1) is 0 Å². The number of sulfonamides is 1. The molecule has 0 saturated carbocycles. The van der Waals surface area contributed by atoms with Crippen molar-refractivity contribution in [1.82, 2.24) is 14.3 Å². The Morgan fingerprint density at radius 1 is 1.24 bits per heavy atom. The van der Waals surface area contributed by atoms with Gasteiger partial charge < -0.3 is 4.98 Å². The van der Waals surface area contributed by atoms with Crippen molar-refractivity contribution >= 4 is 55.5 Å². The third kappa shape index (κ3) is 3.73. The molecule has 0 bridgehead atoms. The molecule has 0 aliphatic heterocycles. The van der Waals surface area contributed by atoms with Gasteiger partial charge in [0.25, 0.3) is 15.6 Å². The summed E-state index contributed by atoms with van der Waals surface area (Å²) in [5.74, 6) is 0.243. The van der Waals surface area contributed by atoms with Crippen molar-refractivity contribution in [2.45, 2.75) is 17.7 Å². The van der Waals surface area contributed by atoms with Gasteiger partial charge in [-0.15, -0.1) is 11.3 Å². The average molecular weight is 418 g/mol. The van der Waals surface area contributed by atoms with Gasteiger partial charge in [-0.25, -0.2) is 13.4 Å². The van der Waals surface area contributed by atoms with E-state index in [9.17, 15) is 13.2 Å². The Morgan fingerprint density at radius 2 is 2.00 bits per heavy atom. The van der Waals surface area contributed by atoms with Gasteiger partial charge in [0.2, 0.25) is 0 Å². The van der Waals surface area contributed by atoms with Gasteiger partial charge in [0.15, 0.2) is 0 Å². The number of rotatable bonds is 5. The molecule has 0 amide bonds. The summed E-state index contributed by atoms with van der Waals surface area (Å²) in [4.78, 5) is 19.1. The van der Waals surface area contributed by atoms with Gasteiger partial charge in [-0.2, -0.15) is 4.31 Å². The number of hydrogen-bond acceptors (Lipinski definition) is 5. The summed E-state index contributed by atoms with van der Waals surface area (Å²) in [6.45, 7) is 1.87. The highest BCUT2D eigenvalue weighted by Crippen LogP contribution is 2.28. The lowest BCUT2D eigenvalue weighted by molar-refractivity contribution is 0.415. The Bertz CT molecular complexity index is 1090. The zero-order valence-electron chi connectivity index (χ0n) is 13.0. The number of H-pyrrole nitrogens is 1. The molecule has 10 heteroatoms. The number of benzene rings is 1. The van der Waals surface area contributed by atoms with Crippen LogP contribution in [0.2, 0.25) is 9.36 Å². The van der Waals surface area contributed by atoms with E-state index in [0.29, 0.717) is 20.3 Å². The van der Waals surface area contributed by atoms with Crippen molar-refractivity contribution in [3.63, 3.8) is 0 Å². The molecule has 0 saturated heterocycles. The van der Waals surface area contributed by atoms with Gasteiger partial charge in [-0.3, -0.25) is 4.79 Å². The minimum absolute atomic E-state index is 0.0634. The minimum atomic E-state index is -3.72. The van der Waals surface area contributed by atoms with Crippen LogP contribution >= 0.6 is 34.5 Å². The fraction of sp³-hybridized carbons (Fsp3) is 0.200. The Morgan fingerprint density at radius 3 is 2.64 bits per heavy atom. The predicted octanol–water partition coefficient (Wildman–Crippen LogP) is 3.50. The number of nitrogens with zero attached hydrogens (tertiary/aromatic N) is 2. The quantitative estimate of drug-likeness (QED) is 0.688. The van der Waals surface area contributed by atoms with Crippen molar-refractivity contribution in [2.24, 2.45) is 0 Å². The third-order valence-electron chi connectivity index (χ3n) is 3.54. The summed E-state index contributed by atoms with van der Waals surface area (Å²) in [5.41, 5.74) is 0.0724. The molecular formula is C15H13Cl2N3O3S2. The SMILES string of the molecule is CCN(Cc1nc2cc(Cl)ccc2c(=O)[nH]1)S(=O)(=O)c1ccc(Cl)s1. The molecule has 0 unspecified atom stereocenters. The zero-order chi connectivity index (χ0) is 18.2. The van der Waals surface area contributed by atoms with E-state index in [0.717, 1.165) is 11.3 Å². The molecule has 3 rings (SSSR count). The smallest absolute Gasteiger partial charge is 0.258 e. The molecule has 1 aromatic carbocycles. The lowest BCUT2D eigenvalue weighted by atomic mass is 10.2. The zero-order valence-corrected chi connectivity index (χ0v) is 16.1. The van der Waals surface area contributed by atoms with Crippen molar-refractivity contribution in [2.75, 3.05) is 6.54 Å². The summed E-state index contributed by atoms with van der Waals surface area (Å²) in [7, 11) is -3.72. The van der Waals surface area contributed by atoms with E-state index in [2.05, 4.69) is 9.97 Å². The molecule has 2 aromatic heterocycles. The molecule has 132 valence electrons. The number of thiophene rings is 1. The van der Waals surface area contributed by atoms with E-state index in [1.807, 2.05) is 0 Å². The summed E-state index contributed by atoms with van der Waals surface area (Å²) in [6.07, 6.45) is 0. The second-order valence-electron chi connectivity index (χ2n) is 5.16. The highest BCUT2D eigenvalue weighted by atomic mass is 35.5. The number of nitrogens with one attached hydrogen (secondary N) is 1. The topological polar surface area (TPSA) is 83.1 Å². The third-order valence-corrected chi connectivity index (χ3v) is 7.39. The van der Waals surface area contributed by atoms with E-state index in [-0.39, 0.29) is 28.7 Å². The monoisotopic (exact) mass is 417 g/mol. The largest absolute Gasteiger partial charge is 0.309 e. The average Bonchev–Trinajstić information content (AvgIpc) is 2.99. The van der Waals surface area contributed by atoms with E-state index in [1.165, 1.54) is 16.4 Å². The molecule has 25 heavy (non-hydrogen) atoms. The molecule has 0 spiro atoms. The number of fused-ring (bicyclic) bond motifs is 1. The Hall–Kier alpha value is -1.45. The maximum atomic E-state index is 12.7. The van der Waals surface area contributed by atoms with Crippen LogP contribution < -0.4 is 5.56 Å². The first-order chi connectivity index (χ1) is 11.8. The normalized spacial score (nSPS) is 12.2. The van der Waals surface area contributed by atoms with E-state index < -0.39 is 10.0 Å². The molecule has 6 nitrogen and oxygen atoms in total. The van der Waals surface area contributed by atoms with Crippen LogP contribution in [0.5, 0.6) is 0 Å². The van der Waals surface area contributed by atoms with Crippen LogP contribution in [0.1, 0.15) is 12.7 Å². The highest BCUT2D eigenvalue weighted by Gasteiger charge is 2.26. The molecular weight excluding hydrogens is 405 g/mol. The fourth-order valence-corrected chi connectivity index (χ4v) is 5.55. The van der Waals surface area contributed by atoms with Crippen LogP contribution in [-0.4, -0.2) is 29.2 Å². The van der Waals surface area contributed by atoms with Crippen LogP contribution in [-0.2, 0) is 16.6 Å². The van der Waals surface area contributed by atoms with Crippen LogP contribution in [0.3, 0.4) is 0 Å². The molecule has 2 heterocycles. The molecule has 0 atom stereocenters. The summed E-state index contributed by atoms with van der Waals surface area (Å²) in [5, 5.41) is 0.842. The fourth-order valence-electron chi connectivity index (χ4n) is 2.33. The molecule has 3 aromatic rings. The van der Waals surface area contributed by atoms with Crippen LogP contribution in [0.25, 0.3) is 10.9 Å². The molecule has 1 N–H and O–H groups in total. The lowest BCUT2D eigenvalue weighted by Crippen LogP contribution is -2.31. The van der Waals surface area contributed by atoms with E-state index in [4.69, 9.17) is 23.2 Å². The second-order valence-corrected chi connectivity index (χ2v) is 9.48. The van der Waals surface area contributed by atoms with Crippen molar-refractivity contribution in [3.05, 3.63) is 55.9 Å². The van der Waals surface area contributed by atoms with Crippen molar-refractivity contribution in [3.8, 4) is 0 Å². The van der Waals surface area contributed by atoms with Crippen molar-refractivity contribution < 1.29 is 8.42 Å². The predicted molar refractivity (Wildman–Crippen MR) is 100.0 cm³/mol. The Labute approximate surface area is 158 Å². The second kappa shape index (κ2) is 7.05. The molecule has 0 fully saturated rings. The standard InChI is InChI=1S/C15H13Cl2N3O3S2/c1-2-20(25(22,23)14-6-5-12(17)24-14)8-13-18-11-7-9(16)3-4-10(11)15(21)19-13/h3-7H,2,8H2,1H3,(H,18,19,21). The van der Waals surface area contributed by atoms with Crippen molar-refractivity contribution in [1.29, 1.82) is 0 Å². The van der Waals surface area contributed by atoms with Crippen LogP contribution in [0.15, 0.2) is 39.3 Å².